The second-order valence-electron chi connectivity index (χ2n) is 0.983. The minimum atomic E-state index is 0. The van der Waals surface area contributed by atoms with Crippen molar-refractivity contribution in [2.75, 3.05) is 0 Å². The molecule has 0 N–H and O–H groups in total. The second-order valence-corrected chi connectivity index (χ2v) is 1.75. The van der Waals surface area contributed by atoms with E-state index in [2.05, 4.69) is 10.2 Å². The maximum Gasteiger partial charge on any atom is 1.00 e. The zero-order valence-electron chi connectivity index (χ0n) is 3.53. The summed E-state index contributed by atoms with van der Waals surface area (Å²) in [5.41, 5.74) is 0. The van der Waals surface area contributed by atoms with Gasteiger partial charge in [-0.25, -0.2) is 0 Å². The molecule has 0 aliphatic heterocycles. The SMILES string of the molecule is Clc1cn[n-]c1Cl.[Ag+]. The van der Waals surface area contributed by atoms with Crippen LogP contribution in [-0.4, -0.2) is 5.10 Å². The van der Waals surface area contributed by atoms with E-state index in [1.54, 1.807) is 0 Å². The van der Waals surface area contributed by atoms with Gasteiger partial charge in [0.05, 0.1) is 5.02 Å². The molecule has 5 heteroatoms. The van der Waals surface area contributed by atoms with E-state index >= 15 is 0 Å². The molecule has 0 saturated carbocycles. The van der Waals surface area contributed by atoms with Gasteiger partial charge < -0.3 is 10.2 Å². The Morgan fingerprint density at radius 1 is 1.50 bits per heavy atom. The Balaban J connectivity index is 0.000000490. The molecule has 0 fully saturated rings. The summed E-state index contributed by atoms with van der Waals surface area (Å²) in [5.74, 6) is 0. The largest absolute Gasteiger partial charge is 1.00 e. The Kier molecular flexibility index (Phi) is 3.77. The Morgan fingerprint density at radius 2 is 2.12 bits per heavy atom. The molecule has 8 heavy (non-hydrogen) atoms. The van der Waals surface area contributed by atoms with Gasteiger partial charge in [-0.2, -0.15) is 0 Å². The molecule has 0 aliphatic carbocycles. The van der Waals surface area contributed by atoms with Crippen molar-refractivity contribution >= 4 is 23.2 Å². The Bertz CT molecular complexity index is 148. The fraction of sp³-hybridized carbons (Fsp3) is 0. The third kappa shape index (κ3) is 1.80. The van der Waals surface area contributed by atoms with E-state index in [4.69, 9.17) is 23.2 Å². The molecule has 2 nitrogen and oxygen atoms in total. The van der Waals surface area contributed by atoms with Crippen LogP contribution in [0.15, 0.2) is 6.20 Å². The number of halogens is 2. The van der Waals surface area contributed by atoms with Crippen LogP contribution in [0.3, 0.4) is 0 Å². The molecule has 0 aliphatic rings. The molecule has 1 aromatic rings. The van der Waals surface area contributed by atoms with Gasteiger partial charge in [-0.05, 0) is 5.15 Å². The summed E-state index contributed by atoms with van der Waals surface area (Å²) in [6.45, 7) is 0. The summed E-state index contributed by atoms with van der Waals surface area (Å²) < 4.78 is 0. The van der Waals surface area contributed by atoms with Gasteiger partial charge in [0.2, 0.25) is 0 Å². The summed E-state index contributed by atoms with van der Waals surface area (Å²) >= 11 is 10.7. The molecule has 1 aromatic heterocycles. The van der Waals surface area contributed by atoms with Crippen molar-refractivity contribution in [1.82, 2.24) is 10.2 Å². The average molecular weight is 244 g/mol. The van der Waals surface area contributed by atoms with Crippen LogP contribution in [0, 0.1) is 0 Å². The van der Waals surface area contributed by atoms with Gasteiger partial charge in [-0.1, -0.05) is 11.6 Å². The second kappa shape index (κ2) is 3.54. The maximum absolute atomic E-state index is 5.37. The van der Waals surface area contributed by atoms with E-state index in [0.29, 0.717) is 5.02 Å². The van der Waals surface area contributed by atoms with E-state index in [-0.39, 0.29) is 27.5 Å². The zero-order valence-corrected chi connectivity index (χ0v) is 6.52. The van der Waals surface area contributed by atoms with Crippen LogP contribution < -0.4 is 5.10 Å². The minimum absolute atomic E-state index is 0. The van der Waals surface area contributed by atoms with Gasteiger partial charge in [0.25, 0.3) is 0 Å². The van der Waals surface area contributed by atoms with Crippen LogP contribution in [0.5, 0.6) is 0 Å². The first-order valence-corrected chi connectivity index (χ1v) is 2.35. The summed E-state index contributed by atoms with van der Waals surface area (Å²) in [6, 6.07) is 0. The molecular weight excluding hydrogens is 243 g/mol. The minimum Gasteiger partial charge on any atom is -0.564 e. The Hall–Kier alpha value is 0.530. The van der Waals surface area contributed by atoms with Crippen molar-refractivity contribution < 1.29 is 22.4 Å². The van der Waals surface area contributed by atoms with Crippen molar-refractivity contribution in [2.24, 2.45) is 0 Å². The van der Waals surface area contributed by atoms with E-state index in [0.717, 1.165) is 0 Å². The van der Waals surface area contributed by atoms with Gasteiger partial charge in [-0.3, -0.25) is 0 Å². The predicted octanol–water partition coefficient (Wildman–Crippen LogP) is 1.34. The van der Waals surface area contributed by atoms with Crippen molar-refractivity contribution in [2.45, 2.75) is 0 Å². The van der Waals surface area contributed by atoms with Crippen molar-refractivity contribution in [1.29, 1.82) is 0 Å². The van der Waals surface area contributed by atoms with Crippen LogP contribution in [0.25, 0.3) is 0 Å². The third-order valence-electron chi connectivity index (χ3n) is 0.514. The summed E-state index contributed by atoms with van der Waals surface area (Å²) in [5, 5.41) is 7.48. The van der Waals surface area contributed by atoms with Gasteiger partial charge >= 0.3 is 22.4 Å². The zero-order chi connectivity index (χ0) is 5.28. The fourth-order valence-corrected chi connectivity index (χ4v) is 0.405. The van der Waals surface area contributed by atoms with Crippen molar-refractivity contribution in [3.63, 3.8) is 0 Å². The first kappa shape index (κ1) is 8.53. The van der Waals surface area contributed by atoms with Crippen LogP contribution in [-0.2, 0) is 22.4 Å². The molecule has 0 radical (unpaired) electrons. The third-order valence-corrected chi connectivity index (χ3v) is 1.17. The molecule has 0 atom stereocenters. The molecule has 48 valence electrons. The molecule has 1 heterocycles. The Morgan fingerprint density at radius 3 is 2.25 bits per heavy atom. The van der Waals surface area contributed by atoms with Crippen LogP contribution in [0.2, 0.25) is 10.2 Å². The van der Waals surface area contributed by atoms with E-state index < -0.39 is 0 Å². The molecule has 0 saturated heterocycles. The monoisotopic (exact) mass is 242 g/mol. The average Bonchev–Trinajstić information content (AvgIpc) is 1.91. The number of nitrogens with zero attached hydrogens (tertiary/aromatic N) is 2. The van der Waals surface area contributed by atoms with Crippen molar-refractivity contribution in [3.8, 4) is 0 Å². The number of aromatic nitrogens is 2. The van der Waals surface area contributed by atoms with Crippen molar-refractivity contribution in [3.05, 3.63) is 16.4 Å². The molecule has 0 unspecified atom stereocenters. The van der Waals surface area contributed by atoms with Crippen LogP contribution in [0.4, 0.5) is 0 Å². The predicted molar refractivity (Wildman–Crippen MR) is 27.6 cm³/mol. The summed E-state index contributed by atoms with van der Waals surface area (Å²) in [7, 11) is 0. The molecule has 0 bridgehead atoms. The molecule has 0 spiro atoms. The number of hydrogen-bond acceptors (Lipinski definition) is 1. The standard InChI is InChI=1S/C3HCl2N2.Ag/c4-2-1-6-7-3(2)5;/h1H;/q-1;+1. The summed E-state index contributed by atoms with van der Waals surface area (Å²) in [4.78, 5) is 0. The maximum atomic E-state index is 5.37. The molecule has 0 aromatic carbocycles. The van der Waals surface area contributed by atoms with Gasteiger partial charge in [-0.15, -0.1) is 11.6 Å². The van der Waals surface area contributed by atoms with Gasteiger partial charge in [0.15, 0.2) is 0 Å². The first-order chi connectivity index (χ1) is 3.30. The topological polar surface area (TPSA) is 27.0 Å². The quantitative estimate of drug-likeness (QED) is 0.644. The van der Waals surface area contributed by atoms with E-state index in [1.807, 2.05) is 0 Å². The summed E-state index contributed by atoms with van der Waals surface area (Å²) in [6.07, 6.45) is 1.39. The van der Waals surface area contributed by atoms with E-state index in [9.17, 15) is 0 Å². The molecular formula is C3HAgCl2N2. The van der Waals surface area contributed by atoms with Gasteiger partial charge in [0.1, 0.15) is 0 Å². The molecule has 1 rings (SSSR count). The molecule has 0 amide bonds. The van der Waals surface area contributed by atoms with Crippen LogP contribution in [0.1, 0.15) is 0 Å². The fourth-order valence-electron chi connectivity index (χ4n) is 0.231. The normalized spacial score (nSPS) is 8.25. The Labute approximate surface area is 72.1 Å². The van der Waals surface area contributed by atoms with Gasteiger partial charge in [0, 0.05) is 6.20 Å². The number of rotatable bonds is 0. The number of hydrogen-bond donors (Lipinski definition) is 0. The van der Waals surface area contributed by atoms with E-state index in [1.165, 1.54) is 6.20 Å². The van der Waals surface area contributed by atoms with Crippen LogP contribution >= 0.6 is 23.2 Å². The first-order valence-electron chi connectivity index (χ1n) is 1.60. The smallest absolute Gasteiger partial charge is 0.564 e.